The standard InChI is InChI=1S/C19H21NO7/c1-23-13-6-8-15(24-2)14(10-13)20-18(21)11-27-16-7-5-12(19(22)26-4)9-17(16)25-3/h5-10H,11H2,1-4H3,(H,20,21). The lowest BCUT2D eigenvalue weighted by Gasteiger charge is -2.13. The smallest absolute Gasteiger partial charge is 0.337 e. The molecule has 0 aromatic heterocycles. The second-order valence-electron chi connectivity index (χ2n) is 5.26. The van der Waals surface area contributed by atoms with Crippen molar-refractivity contribution >= 4 is 17.6 Å². The predicted octanol–water partition coefficient (Wildman–Crippen LogP) is 2.52. The number of amides is 1. The molecule has 8 heteroatoms. The molecule has 8 nitrogen and oxygen atoms in total. The van der Waals surface area contributed by atoms with Crippen molar-refractivity contribution in [1.82, 2.24) is 0 Å². The van der Waals surface area contributed by atoms with Crippen LogP contribution in [0.25, 0.3) is 0 Å². The number of hydrogen-bond donors (Lipinski definition) is 1. The summed E-state index contributed by atoms with van der Waals surface area (Å²) in [6, 6.07) is 9.58. The van der Waals surface area contributed by atoms with E-state index in [1.165, 1.54) is 46.6 Å². The predicted molar refractivity (Wildman–Crippen MR) is 98.0 cm³/mol. The molecule has 0 radical (unpaired) electrons. The molecule has 144 valence electrons. The molecule has 27 heavy (non-hydrogen) atoms. The molecule has 2 rings (SSSR count). The van der Waals surface area contributed by atoms with Gasteiger partial charge in [0.25, 0.3) is 5.91 Å². The first kappa shape index (κ1) is 19.9. The number of carbonyl (C=O) groups excluding carboxylic acids is 2. The molecule has 0 atom stereocenters. The molecule has 0 spiro atoms. The average molecular weight is 375 g/mol. The van der Waals surface area contributed by atoms with Gasteiger partial charge in [0.15, 0.2) is 18.1 Å². The van der Waals surface area contributed by atoms with Crippen LogP contribution >= 0.6 is 0 Å². The van der Waals surface area contributed by atoms with Crippen molar-refractivity contribution in [2.75, 3.05) is 40.4 Å². The number of nitrogens with one attached hydrogen (secondary N) is 1. The first-order valence-electron chi connectivity index (χ1n) is 7.93. The van der Waals surface area contributed by atoms with Crippen LogP contribution in [0.5, 0.6) is 23.0 Å². The second kappa shape index (κ2) is 9.33. The Morgan fingerprint density at radius 3 is 2.19 bits per heavy atom. The van der Waals surface area contributed by atoms with Crippen LogP contribution in [0.4, 0.5) is 5.69 Å². The Kier molecular flexibility index (Phi) is 6.87. The summed E-state index contributed by atoms with van der Waals surface area (Å²) in [6.07, 6.45) is 0. The van der Waals surface area contributed by atoms with Gasteiger partial charge in [-0.3, -0.25) is 4.79 Å². The summed E-state index contributed by atoms with van der Waals surface area (Å²) in [5.41, 5.74) is 0.769. The molecule has 0 aliphatic heterocycles. The lowest BCUT2D eigenvalue weighted by atomic mass is 10.2. The van der Waals surface area contributed by atoms with Gasteiger partial charge >= 0.3 is 5.97 Å². The van der Waals surface area contributed by atoms with Gasteiger partial charge < -0.3 is 29.0 Å². The molecular weight excluding hydrogens is 354 g/mol. The lowest BCUT2D eigenvalue weighted by molar-refractivity contribution is -0.118. The van der Waals surface area contributed by atoms with Gasteiger partial charge in [-0.05, 0) is 30.3 Å². The topological polar surface area (TPSA) is 92.3 Å². The van der Waals surface area contributed by atoms with Gasteiger partial charge in [0, 0.05) is 6.07 Å². The monoisotopic (exact) mass is 375 g/mol. The molecule has 0 heterocycles. The molecule has 0 fully saturated rings. The minimum atomic E-state index is -0.497. The SMILES string of the molecule is COC(=O)c1ccc(OCC(=O)Nc2cc(OC)ccc2OC)c(OC)c1. The molecule has 1 N–H and O–H groups in total. The van der Waals surface area contributed by atoms with Crippen molar-refractivity contribution in [3.63, 3.8) is 0 Å². The van der Waals surface area contributed by atoms with Crippen molar-refractivity contribution in [3.05, 3.63) is 42.0 Å². The van der Waals surface area contributed by atoms with Crippen LogP contribution in [-0.2, 0) is 9.53 Å². The largest absolute Gasteiger partial charge is 0.497 e. The third-order valence-electron chi connectivity index (χ3n) is 3.62. The molecule has 1 amide bonds. The van der Waals surface area contributed by atoms with E-state index in [0.717, 1.165) is 0 Å². The summed E-state index contributed by atoms with van der Waals surface area (Å²) in [6.45, 7) is -0.270. The van der Waals surface area contributed by atoms with Crippen molar-refractivity contribution in [1.29, 1.82) is 0 Å². The first-order valence-corrected chi connectivity index (χ1v) is 7.93. The summed E-state index contributed by atoms with van der Waals surface area (Å²) in [7, 11) is 5.75. The Morgan fingerprint density at radius 2 is 1.56 bits per heavy atom. The van der Waals surface area contributed by atoms with Crippen molar-refractivity contribution in [3.8, 4) is 23.0 Å². The molecular formula is C19H21NO7. The van der Waals surface area contributed by atoms with E-state index < -0.39 is 11.9 Å². The fraction of sp³-hybridized carbons (Fsp3) is 0.263. The van der Waals surface area contributed by atoms with Crippen LogP contribution < -0.4 is 24.3 Å². The number of methoxy groups -OCH3 is 4. The minimum absolute atomic E-state index is 0.270. The minimum Gasteiger partial charge on any atom is -0.497 e. The van der Waals surface area contributed by atoms with Gasteiger partial charge in [-0.2, -0.15) is 0 Å². The lowest BCUT2D eigenvalue weighted by Crippen LogP contribution is -2.20. The van der Waals surface area contributed by atoms with Crippen LogP contribution in [0.15, 0.2) is 36.4 Å². The maximum atomic E-state index is 12.2. The van der Waals surface area contributed by atoms with Gasteiger partial charge in [0.1, 0.15) is 11.5 Å². The number of rotatable bonds is 8. The summed E-state index contributed by atoms with van der Waals surface area (Å²) in [4.78, 5) is 23.8. The fourth-order valence-electron chi connectivity index (χ4n) is 2.27. The average Bonchev–Trinajstić information content (AvgIpc) is 2.71. The van der Waals surface area contributed by atoms with Crippen molar-refractivity contribution in [2.24, 2.45) is 0 Å². The van der Waals surface area contributed by atoms with E-state index in [9.17, 15) is 9.59 Å². The third kappa shape index (κ3) is 5.04. The van der Waals surface area contributed by atoms with Crippen LogP contribution in [0.1, 0.15) is 10.4 Å². The Bertz CT molecular complexity index is 820. The van der Waals surface area contributed by atoms with E-state index in [0.29, 0.717) is 34.2 Å². The molecule has 0 unspecified atom stereocenters. The van der Waals surface area contributed by atoms with E-state index in [1.807, 2.05) is 0 Å². The Balaban J connectivity index is 2.06. The molecule has 2 aromatic carbocycles. The van der Waals surface area contributed by atoms with Crippen LogP contribution in [-0.4, -0.2) is 46.9 Å². The summed E-state index contributed by atoms with van der Waals surface area (Å²) in [5.74, 6) is 0.794. The van der Waals surface area contributed by atoms with E-state index >= 15 is 0 Å². The Labute approximate surface area is 156 Å². The number of anilines is 1. The quantitative estimate of drug-likeness (QED) is 0.709. The van der Waals surface area contributed by atoms with Gasteiger partial charge in [0.05, 0.1) is 39.7 Å². The van der Waals surface area contributed by atoms with Crippen LogP contribution in [0, 0.1) is 0 Å². The highest BCUT2D eigenvalue weighted by atomic mass is 16.5. The molecule has 0 saturated carbocycles. The van der Waals surface area contributed by atoms with Gasteiger partial charge in [0.2, 0.25) is 0 Å². The summed E-state index contributed by atoms with van der Waals surface area (Å²) >= 11 is 0. The molecule has 0 aliphatic rings. The summed E-state index contributed by atoms with van der Waals surface area (Å²) < 4.78 is 25.7. The number of benzene rings is 2. The van der Waals surface area contributed by atoms with Crippen LogP contribution in [0.2, 0.25) is 0 Å². The van der Waals surface area contributed by atoms with E-state index in [4.69, 9.17) is 18.9 Å². The fourth-order valence-corrected chi connectivity index (χ4v) is 2.27. The number of hydrogen-bond acceptors (Lipinski definition) is 7. The highest BCUT2D eigenvalue weighted by molar-refractivity contribution is 5.94. The normalized spacial score (nSPS) is 9.93. The third-order valence-corrected chi connectivity index (χ3v) is 3.62. The zero-order chi connectivity index (χ0) is 19.8. The van der Waals surface area contributed by atoms with Crippen LogP contribution in [0.3, 0.4) is 0 Å². The number of ether oxygens (including phenoxy) is 5. The highest BCUT2D eigenvalue weighted by Crippen LogP contribution is 2.30. The molecule has 0 aliphatic carbocycles. The Hall–Kier alpha value is -3.42. The van der Waals surface area contributed by atoms with Gasteiger partial charge in [-0.15, -0.1) is 0 Å². The molecule has 0 bridgehead atoms. The summed E-state index contributed by atoms with van der Waals surface area (Å²) in [5, 5.41) is 2.70. The molecule has 2 aromatic rings. The van der Waals surface area contributed by atoms with E-state index in [1.54, 1.807) is 18.2 Å². The number of esters is 1. The number of carbonyl (C=O) groups is 2. The zero-order valence-electron chi connectivity index (χ0n) is 15.5. The first-order chi connectivity index (χ1) is 13.0. The van der Waals surface area contributed by atoms with Gasteiger partial charge in [-0.1, -0.05) is 0 Å². The Morgan fingerprint density at radius 1 is 0.852 bits per heavy atom. The van der Waals surface area contributed by atoms with E-state index in [2.05, 4.69) is 10.1 Å². The zero-order valence-corrected chi connectivity index (χ0v) is 15.5. The van der Waals surface area contributed by atoms with Gasteiger partial charge in [-0.25, -0.2) is 4.79 Å². The van der Waals surface area contributed by atoms with Crippen molar-refractivity contribution in [2.45, 2.75) is 0 Å². The highest BCUT2D eigenvalue weighted by Gasteiger charge is 2.14. The maximum Gasteiger partial charge on any atom is 0.337 e. The maximum absolute atomic E-state index is 12.2. The molecule has 0 saturated heterocycles. The second-order valence-corrected chi connectivity index (χ2v) is 5.26. The van der Waals surface area contributed by atoms with E-state index in [-0.39, 0.29) is 6.61 Å². The van der Waals surface area contributed by atoms with Crippen molar-refractivity contribution < 1.29 is 33.3 Å².